The smallest absolute Gasteiger partial charge is 0.127 e. The van der Waals surface area contributed by atoms with Gasteiger partial charge in [-0.25, -0.2) is 0 Å². The molecule has 1 nitrogen and oxygen atoms in total. The molecule has 0 aromatic rings. The highest BCUT2D eigenvalue weighted by molar-refractivity contribution is 7.10. The Labute approximate surface area is 121 Å². The van der Waals surface area contributed by atoms with Crippen molar-refractivity contribution in [2.45, 2.75) is 84.7 Å². The summed E-state index contributed by atoms with van der Waals surface area (Å²) in [7, 11) is -1.43. The van der Waals surface area contributed by atoms with Gasteiger partial charge in [0.25, 0.3) is 0 Å². The first-order chi connectivity index (χ1) is 9.15. The van der Waals surface area contributed by atoms with Gasteiger partial charge in [-0.05, 0) is 32.6 Å². The first-order valence-electron chi connectivity index (χ1n) is 8.36. The van der Waals surface area contributed by atoms with Crippen LogP contribution in [-0.4, -0.2) is 20.0 Å². The Kier molecular flexibility index (Phi) is 7.66. The second kappa shape index (κ2) is 8.73. The largest absolute Gasteiger partial charge is 0.298 e. The van der Waals surface area contributed by atoms with Crippen molar-refractivity contribution in [3.05, 3.63) is 11.3 Å². The Bertz CT molecular complexity index is 319. The summed E-state index contributed by atoms with van der Waals surface area (Å²) in [5.74, 6) is 0. The normalized spacial score (nSPS) is 22.5. The fourth-order valence-electron chi connectivity index (χ4n) is 3.10. The van der Waals surface area contributed by atoms with Crippen molar-refractivity contribution in [3.63, 3.8) is 0 Å². The Morgan fingerprint density at radius 1 is 1.11 bits per heavy atom. The minimum absolute atomic E-state index is 1.08. The van der Waals surface area contributed by atoms with Gasteiger partial charge in [0.15, 0.2) is 0 Å². The predicted octanol–water partition coefficient (Wildman–Crippen LogP) is 5.70. The molecule has 1 unspecified atom stereocenters. The maximum Gasteiger partial charge on any atom is 0.127 e. The van der Waals surface area contributed by atoms with E-state index in [-0.39, 0.29) is 0 Å². The summed E-state index contributed by atoms with van der Waals surface area (Å²) in [5, 5.41) is 3.27. The molecule has 2 heteroatoms. The average Bonchev–Trinajstić information content (AvgIpc) is 2.44. The van der Waals surface area contributed by atoms with E-state index in [1.54, 1.807) is 10.5 Å². The molecule has 1 heterocycles. The van der Waals surface area contributed by atoms with E-state index in [4.69, 9.17) is 4.99 Å². The summed E-state index contributed by atoms with van der Waals surface area (Å²) < 4.78 is 0. The van der Waals surface area contributed by atoms with E-state index in [0.29, 0.717) is 0 Å². The van der Waals surface area contributed by atoms with Gasteiger partial charge in [-0.15, -0.1) is 0 Å². The quantitative estimate of drug-likeness (QED) is 0.585. The monoisotopic (exact) mass is 279 g/mol. The molecule has 0 saturated carbocycles. The highest BCUT2D eigenvalue weighted by Gasteiger charge is 2.32. The molecule has 0 fully saturated rings. The topological polar surface area (TPSA) is 12.4 Å². The summed E-state index contributed by atoms with van der Waals surface area (Å²) in [5.41, 5.74) is 0. The first kappa shape index (κ1) is 16.7. The van der Waals surface area contributed by atoms with Gasteiger partial charge in [0.1, 0.15) is 8.07 Å². The second-order valence-corrected chi connectivity index (χ2v) is 10.9. The fraction of sp³-hybridized carbons (Fsp3) is 0.824. The molecule has 19 heavy (non-hydrogen) atoms. The van der Waals surface area contributed by atoms with E-state index < -0.39 is 8.07 Å². The molecule has 0 N–H and O–H groups in total. The van der Waals surface area contributed by atoms with E-state index in [9.17, 15) is 0 Å². The van der Waals surface area contributed by atoms with Crippen LogP contribution < -0.4 is 0 Å². The predicted molar refractivity (Wildman–Crippen MR) is 90.8 cm³/mol. The van der Waals surface area contributed by atoms with Crippen LogP contribution in [0.15, 0.2) is 16.3 Å². The Hall–Kier alpha value is -0.373. The molecule has 1 atom stereocenters. The molecule has 0 spiro atoms. The van der Waals surface area contributed by atoms with Gasteiger partial charge < -0.3 is 0 Å². The van der Waals surface area contributed by atoms with Crippen LogP contribution in [0.3, 0.4) is 0 Å². The van der Waals surface area contributed by atoms with Crippen LogP contribution in [0.2, 0.25) is 12.6 Å². The molecule has 0 saturated heterocycles. The fourth-order valence-corrected chi connectivity index (χ4v) is 6.36. The molecule has 1 rings (SSSR count). The van der Waals surface area contributed by atoms with Crippen molar-refractivity contribution in [2.24, 2.45) is 4.99 Å². The molecule has 1 aliphatic heterocycles. The summed E-state index contributed by atoms with van der Waals surface area (Å²) >= 11 is 0. The third kappa shape index (κ3) is 4.90. The van der Waals surface area contributed by atoms with Gasteiger partial charge in [-0.1, -0.05) is 63.4 Å². The van der Waals surface area contributed by atoms with Crippen molar-refractivity contribution >= 4 is 13.4 Å². The lowest BCUT2D eigenvalue weighted by atomic mass is 10.1. The van der Waals surface area contributed by atoms with Gasteiger partial charge in [-0.3, -0.25) is 4.99 Å². The molecule has 0 aromatic carbocycles. The van der Waals surface area contributed by atoms with E-state index in [2.05, 4.69) is 33.4 Å². The van der Waals surface area contributed by atoms with Crippen LogP contribution in [0.5, 0.6) is 0 Å². The lowest BCUT2D eigenvalue weighted by Crippen LogP contribution is -2.42. The molecule has 0 radical (unpaired) electrons. The average molecular weight is 280 g/mol. The molecule has 1 aliphatic rings. The van der Waals surface area contributed by atoms with Gasteiger partial charge in [0.2, 0.25) is 0 Å². The van der Waals surface area contributed by atoms with E-state index in [1.807, 2.05) is 0 Å². The molecule has 0 aliphatic carbocycles. The number of hydrogen-bond acceptors (Lipinski definition) is 1. The Balaban J connectivity index is 2.90. The molecular weight excluding hydrogens is 246 g/mol. The standard InChI is InChI=1S/C17H33NSi/c1-5-13-16(3)19(4,6-2)17-14-11-9-7-8-10-12-15-18-17/h13H,5-12,14-15H2,1-4H3/b16-13+,18-17?. The van der Waals surface area contributed by atoms with E-state index >= 15 is 0 Å². The van der Waals surface area contributed by atoms with Crippen molar-refractivity contribution in [1.82, 2.24) is 0 Å². The Morgan fingerprint density at radius 3 is 2.37 bits per heavy atom. The third-order valence-electron chi connectivity index (χ3n) is 4.85. The summed E-state index contributed by atoms with van der Waals surface area (Å²) in [6.07, 6.45) is 13.2. The summed E-state index contributed by atoms with van der Waals surface area (Å²) in [4.78, 5) is 5.07. The lowest BCUT2D eigenvalue weighted by Gasteiger charge is -2.30. The molecule has 110 valence electrons. The van der Waals surface area contributed by atoms with Gasteiger partial charge in [0, 0.05) is 11.9 Å². The van der Waals surface area contributed by atoms with Gasteiger partial charge in [-0.2, -0.15) is 0 Å². The van der Waals surface area contributed by atoms with Crippen molar-refractivity contribution in [3.8, 4) is 0 Å². The summed E-state index contributed by atoms with van der Waals surface area (Å²) in [6.45, 7) is 10.6. The van der Waals surface area contributed by atoms with E-state index in [0.717, 1.165) is 6.54 Å². The van der Waals surface area contributed by atoms with Gasteiger partial charge >= 0.3 is 0 Å². The van der Waals surface area contributed by atoms with E-state index in [1.165, 1.54) is 57.4 Å². The number of nitrogens with zero attached hydrogens (tertiary/aromatic N) is 1. The van der Waals surface area contributed by atoms with Crippen LogP contribution >= 0.6 is 0 Å². The van der Waals surface area contributed by atoms with Crippen molar-refractivity contribution < 1.29 is 0 Å². The number of aliphatic imine (C=N–C) groups is 1. The molecule has 0 aromatic heterocycles. The Morgan fingerprint density at radius 2 is 1.74 bits per heavy atom. The van der Waals surface area contributed by atoms with Crippen LogP contribution in [0.25, 0.3) is 0 Å². The van der Waals surface area contributed by atoms with Crippen LogP contribution in [0.1, 0.15) is 72.1 Å². The van der Waals surface area contributed by atoms with Crippen LogP contribution in [0.4, 0.5) is 0 Å². The highest BCUT2D eigenvalue weighted by atomic mass is 28.3. The maximum atomic E-state index is 5.07. The molecule has 0 bridgehead atoms. The van der Waals surface area contributed by atoms with Crippen LogP contribution in [0, 0.1) is 0 Å². The maximum absolute atomic E-state index is 5.07. The zero-order valence-corrected chi connectivity index (χ0v) is 14.6. The van der Waals surface area contributed by atoms with Gasteiger partial charge in [0.05, 0.1) is 0 Å². The summed E-state index contributed by atoms with van der Waals surface area (Å²) in [6, 6.07) is 1.31. The third-order valence-corrected chi connectivity index (χ3v) is 9.89. The number of rotatable bonds is 4. The second-order valence-electron chi connectivity index (χ2n) is 6.18. The lowest BCUT2D eigenvalue weighted by molar-refractivity contribution is 0.597. The number of hydrogen-bond donors (Lipinski definition) is 0. The SMILES string of the molecule is CC/C=C(\C)[Si](C)(CC)C1=NCCCCCCCC1. The van der Waals surface area contributed by atoms with Crippen LogP contribution in [-0.2, 0) is 0 Å². The minimum Gasteiger partial charge on any atom is -0.298 e. The molecular formula is C17H33NSi. The van der Waals surface area contributed by atoms with Crippen molar-refractivity contribution in [1.29, 1.82) is 0 Å². The van der Waals surface area contributed by atoms with Crippen molar-refractivity contribution in [2.75, 3.05) is 6.54 Å². The number of allylic oxidation sites excluding steroid dienone is 2. The highest BCUT2D eigenvalue weighted by Crippen LogP contribution is 2.25. The molecule has 0 amide bonds. The zero-order chi connectivity index (χ0) is 14.1. The minimum atomic E-state index is -1.43. The zero-order valence-electron chi connectivity index (χ0n) is 13.6. The first-order valence-corrected chi connectivity index (χ1v) is 11.1.